The van der Waals surface area contributed by atoms with Gasteiger partial charge in [-0.15, -0.1) is 5.10 Å². The maximum atomic E-state index is 14.0. The minimum Gasteiger partial charge on any atom is -0.356 e. The van der Waals surface area contributed by atoms with Gasteiger partial charge in [-0.2, -0.15) is 0 Å². The first kappa shape index (κ1) is 26.3. The maximum absolute atomic E-state index is 14.0. The summed E-state index contributed by atoms with van der Waals surface area (Å²) < 4.78 is 15.9. The summed E-state index contributed by atoms with van der Waals surface area (Å²) in [5.41, 5.74) is 5.32. The highest BCUT2D eigenvalue weighted by Gasteiger charge is 2.29. The molecular formula is C34H35FN8. The van der Waals surface area contributed by atoms with Crippen LogP contribution in [-0.4, -0.2) is 56.3 Å². The molecule has 1 atom stereocenters. The molecule has 1 N–H and O–H groups in total. The normalized spacial score (nSPS) is 19.4. The molecule has 9 heteroatoms. The monoisotopic (exact) mass is 574 g/mol. The molecule has 3 fully saturated rings. The van der Waals surface area contributed by atoms with Gasteiger partial charge in [-0.05, 0) is 92.6 Å². The van der Waals surface area contributed by atoms with Crippen molar-refractivity contribution in [2.24, 2.45) is 0 Å². The SMILES string of the molecule is Fc1cccc(C2CCCN2c2ccc3ncc(-c4cccc(-c5ccnc(N6CCC(NC7CC7)CC6)c5)n4)n3n2)c1. The van der Waals surface area contributed by atoms with E-state index >= 15 is 0 Å². The maximum Gasteiger partial charge on any atom is 0.154 e. The predicted octanol–water partition coefficient (Wildman–Crippen LogP) is 6.05. The molecule has 1 aromatic carbocycles. The predicted molar refractivity (Wildman–Crippen MR) is 167 cm³/mol. The van der Waals surface area contributed by atoms with E-state index < -0.39 is 0 Å². The van der Waals surface area contributed by atoms with Crippen LogP contribution in [0.2, 0.25) is 0 Å². The van der Waals surface area contributed by atoms with Gasteiger partial charge in [-0.3, -0.25) is 0 Å². The Morgan fingerprint density at radius 2 is 1.60 bits per heavy atom. The Labute approximate surface area is 250 Å². The van der Waals surface area contributed by atoms with Crippen LogP contribution in [-0.2, 0) is 0 Å². The van der Waals surface area contributed by atoms with Gasteiger partial charge in [0.15, 0.2) is 5.65 Å². The van der Waals surface area contributed by atoms with Gasteiger partial charge < -0.3 is 15.1 Å². The molecular weight excluding hydrogens is 539 g/mol. The van der Waals surface area contributed by atoms with E-state index in [0.29, 0.717) is 6.04 Å². The molecule has 0 spiro atoms. The van der Waals surface area contributed by atoms with Crippen LogP contribution in [0.25, 0.3) is 28.3 Å². The summed E-state index contributed by atoms with van der Waals surface area (Å²) in [5.74, 6) is 1.65. The van der Waals surface area contributed by atoms with E-state index in [1.54, 1.807) is 12.1 Å². The lowest BCUT2D eigenvalue weighted by atomic mass is 10.0. The number of fused-ring (bicyclic) bond motifs is 1. The molecule has 2 aliphatic heterocycles. The average Bonchev–Trinajstić information content (AvgIpc) is 3.55. The third kappa shape index (κ3) is 5.33. The number of aromatic nitrogens is 5. The van der Waals surface area contributed by atoms with Gasteiger partial charge >= 0.3 is 0 Å². The molecule has 5 aromatic rings. The van der Waals surface area contributed by atoms with Crippen molar-refractivity contribution in [3.05, 3.63) is 90.5 Å². The van der Waals surface area contributed by atoms with E-state index in [9.17, 15) is 4.39 Å². The largest absolute Gasteiger partial charge is 0.356 e. The molecule has 43 heavy (non-hydrogen) atoms. The molecule has 6 heterocycles. The first-order chi connectivity index (χ1) is 21.2. The Bertz CT molecular complexity index is 1760. The Morgan fingerprint density at radius 1 is 0.767 bits per heavy atom. The Morgan fingerprint density at radius 3 is 2.47 bits per heavy atom. The number of hydrogen-bond donors (Lipinski definition) is 1. The van der Waals surface area contributed by atoms with Gasteiger partial charge in [-0.1, -0.05) is 18.2 Å². The molecule has 0 bridgehead atoms. The number of anilines is 2. The summed E-state index contributed by atoms with van der Waals surface area (Å²) in [6, 6.07) is 22.7. The molecule has 1 aliphatic carbocycles. The molecule has 4 aromatic heterocycles. The van der Waals surface area contributed by atoms with Crippen LogP contribution in [0.1, 0.15) is 50.1 Å². The number of nitrogens with one attached hydrogen (secondary N) is 1. The van der Waals surface area contributed by atoms with E-state index in [1.807, 2.05) is 59.4 Å². The van der Waals surface area contributed by atoms with Crippen LogP contribution < -0.4 is 15.1 Å². The van der Waals surface area contributed by atoms with Crippen LogP contribution in [0.15, 0.2) is 79.1 Å². The smallest absolute Gasteiger partial charge is 0.154 e. The lowest BCUT2D eigenvalue weighted by Crippen LogP contribution is -2.43. The highest BCUT2D eigenvalue weighted by atomic mass is 19.1. The second kappa shape index (κ2) is 11.0. The van der Waals surface area contributed by atoms with Crippen molar-refractivity contribution < 1.29 is 4.39 Å². The van der Waals surface area contributed by atoms with E-state index in [4.69, 9.17) is 15.1 Å². The molecule has 8 nitrogen and oxygen atoms in total. The number of halogens is 1. The van der Waals surface area contributed by atoms with Crippen molar-refractivity contribution in [2.45, 2.75) is 56.7 Å². The number of rotatable bonds is 7. The van der Waals surface area contributed by atoms with Crippen molar-refractivity contribution >= 4 is 17.3 Å². The fraction of sp³-hybridized carbons (Fsp3) is 0.353. The van der Waals surface area contributed by atoms with Crippen molar-refractivity contribution in [1.82, 2.24) is 29.9 Å². The number of piperidine rings is 1. The fourth-order valence-corrected chi connectivity index (χ4v) is 6.64. The van der Waals surface area contributed by atoms with Crippen molar-refractivity contribution in [2.75, 3.05) is 29.4 Å². The van der Waals surface area contributed by atoms with Crippen LogP contribution >= 0.6 is 0 Å². The van der Waals surface area contributed by atoms with Crippen molar-refractivity contribution in [1.29, 1.82) is 0 Å². The standard InChI is InChI=1S/C34H35FN8/c35-25-5-1-4-24(20-25)30-8-3-17-42(30)33-12-11-32-37-22-31(43(32)40-33)29-7-2-6-28(39-29)23-13-16-36-34(21-23)41-18-14-27(15-19-41)38-26-9-10-26/h1-2,4-7,11-13,16,20-22,26-27,30,38H,3,8-10,14-15,17-19H2. The highest BCUT2D eigenvalue weighted by molar-refractivity contribution is 5.68. The van der Waals surface area contributed by atoms with Crippen LogP contribution in [0.3, 0.4) is 0 Å². The number of hydrogen-bond acceptors (Lipinski definition) is 7. The third-order valence-electron chi connectivity index (χ3n) is 9.05. The summed E-state index contributed by atoms with van der Waals surface area (Å²) in [5, 5.41) is 8.80. The molecule has 1 unspecified atom stereocenters. The molecule has 0 amide bonds. The first-order valence-electron chi connectivity index (χ1n) is 15.5. The molecule has 3 aliphatic rings. The lowest BCUT2D eigenvalue weighted by Gasteiger charge is -2.33. The van der Waals surface area contributed by atoms with E-state index in [0.717, 1.165) is 96.9 Å². The summed E-state index contributed by atoms with van der Waals surface area (Å²) in [6.45, 7) is 2.90. The zero-order valence-electron chi connectivity index (χ0n) is 24.1. The summed E-state index contributed by atoms with van der Waals surface area (Å²) in [7, 11) is 0. The Balaban J connectivity index is 1.06. The van der Waals surface area contributed by atoms with E-state index in [2.05, 4.69) is 26.2 Å². The minimum absolute atomic E-state index is 0.0928. The van der Waals surface area contributed by atoms with E-state index in [-0.39, 0.29) is 11.9 Å². The summed E-state index contributed by atoms with van der Waals surface area (Å²) in [4.78, 5) is 19.1. The Hall–Kier alpha value is -4.37. The first-order valence-corrected chi connectivity index (χ1v) is 15.5. The molecule has 1 saturated carbocycles. The second-order valence-corrected chi connectivity index (χ2v) is 12.0. The van der Waals surface area contributed by atoms with Crippen molar-refractivity contribution in [3.8, 4) is 22.6 Å². The summed E-state index contributed by atoms with van der Waals surface area (Å²) >= 11 is 0. The topological polar surface area (TPSA) is 74.5 Å². The molecule has 2 saturated heterocycles. The molecule has 8 rings (SSSR count). The highest BCUT2D eigenvalue weighted by Crippen LogP contribution is 2.36. The van der Waals surface area contributed by atoms with Crippen LogP contribution in [0.4, 0.5) is 16.0 Å². The van der Waals surface area contributed by atoms with Crippen LogP contribution in [0.5, 0.6) is 0 Å². The van der Waals surface area contributed by atoms with Gasteiger partial charge in [0.25, 0.3) is 0 Å². The van der Waals surface area contributed by atoms with Gasteiger partial charge in [0.1, 0.15) is 23.1 Å². The van der Waals surface area contributed by atoms with Gasteiger partial charge in [-0.25, -0.2) is 23.9 Å². The van der Waals surface area contributed by atoms with Gasteiger partial charge in [0.05, 0.1) is 23.6 Å². The quantitative estimate of drug-likeness (QED) is 0.254. The number of nitrogens with zero attached hydrogens (tertiary/aromatic N) is 7. The second-order valence-electron chi connectivity index (χ2n) is 12.0. The molecule has 0 radical (unpaired) electrons. The van der Waals surface area contributed by atoms with Crippen LogP contribution in [0, 0.1) is 5.82 Å². The number of benzene rings is 1. The average molecular weight is 575 g/mol. The van der Waals surface area contributed by atoms with Crippen molar-refractivity contribution in [3.63, 3.8) is 0 Å². The van der Waals surface area contributed by atoms with Gasteiger partial charge in [0.2, 0.25) is 0 Å². The van der Waals surface area contributed by atoms with Gasteiger partial charge in [0, 0.05) is 43.5 Å². The molecule has 218 valence electrons. The lowest BCUT2D eigenvalue weighted by molar-refractivity contribution is 0.411. The zero-order chi connectivity index (χ0) is 28.8. The van der Waals surface area contributed by atoms with E-state index in [1.165, 1.54) is 18.9 Å². The minimum atomic E-state index is -0.206. The number of pyridine rings is 2. The zero-order valence-corrected chi connectivity index (χ0v) is 24.1. The number of imidazole rings is 1. The summed E-state index contributed by atoms with van der Waals surface area (Å²) in [6.07, 6.45) is 10.7. The fourth-order valence-electron chi connectivity index (χ4n) is 6.64. The Kier molecular flexibility index (Phi) is 6.74. The third-order valence-corrected chi connectivity index (χ3v) is 9.05.